The summed E-state index contributed by atoms with van der Waals surface area (Å²) in [6, 6.07) is 7.18. The summed E-state index contributed by atoms with van der Waals surface area (Å²) in [5.41, 5.74) is 0.840. The fraction of sp³-hybridized carbons (Fsp3) is 0.533. The lowest BCUT2D eigenvalue weighted by atomic mass is 10.1. The molecule has 1 atom stereocenters. The van der Waals surface area contributed by atoms with Gasteiger partial charge in [-0.1, -0.05) is 37.6 Å². The van der Waals surface area contributed by atoms with Gasteiger partial charge in [0.2, 0.25) is 5.91 Å². The Balaban J connectivity index is 2.33. The van der Waals surface area contributed by atoms with Gasteiger partial charge in [-0.25, -0.2) is 0 Å². The van der Waals surface area contributed by atoms with Crippen molar-refractivity contribution in [2.45, 2.75) is 20.0 Å². The molecule has 1 unspecified atom stereocenters. The molecule has 0 radical (unpaired) electrons. The maximum Gasteiger partial charge on any atom is 0.222 e. The third-order valence-corrected chi connectivity index (χ3v) is 3.31. The zero-order valence-electron chi connectivity index (χ0n) is 12.3. The van der Waals surface area contributed by atoms with Crippen LogP contribution >= 0.6 is 11.6 Å². The number of nitrogens with one attached hydrogen (secondary N) is 1. The summed E-state index contributed by atoms with van der Waals surface area (Å²) in [5, 5.41) is 13.6. The zero-order chi connectivity index (χ0) is 15.1. The predicted molar refractivity (Wildman–Crippen MR) is 81.8 cm³/mol. The summed E-state index contributed by atoms with van der Waals surface area (Å²) in [7, 11) is 1.92. The van der Waals surface area contributed by atoms with E-state index >= 15 is 0 Å². The lowest BCUT2D eigenvalue weighted by Gasteiger charge is -2.21. The molecular weight excluding hydrogens is 276 g/mol. The Bertz CT molecular complexity index is 420. The molecule has 1 rings (SSSR count). The summed E-state index contributed by atoms with van der Waals surface area (Å²) < 4.78 is 0. The molecule has 0 spiro atoms. The molecule has 5 heteroatoms. The molecule has 0 fully saturated rings. The lowest BCUT2D eigenvalue weighted by Crippen LogP contribution is -2.36. The molecule has 1 aromatic carbocycles. The van der Waals surface area contributed by atoms with E-state index < -0.39 is 6.10 Å². The molecule has 1 aromatic rings. The number of amides is 1. The SMILES string of the molecule is CC(C)C(=O)NCCN(C)CC(O)c1ccc(Cl)cc1. The van der Waals surface area contributed by atoms with Crippen LogP contribution in [0.4, 0.5) is 0 Å². The van der Waals surface area contributed by atoms with E-state index in [4.69, 9.17) is 11.6 Å². The van der Waals surface area contributed by atoms with Crippen LogP contribution in [-0.4, -0.2) is 42.6 Å². The molecule has 0 heterocycles. The van der Waals surface area contributed by atoms with Crippen molar-refractivity contribution in [2.75, 3.05) is 26.7 Å². The van der Waals surface area contributed by atoms with Gasteiger partial charge in [-0.3, -0.25) is 4.79 Å². The smallest absolute Gasteiger partial charge is 0.222 e. The molecule has 1 amide bonds. The molecule has 0 aliphatic carbocycles. The second-order valence-corrected chi connectivity index (χ2v) is 5.71. The van der Waals surface area contributed by atoms with Crippen molar-refractivity contribution in [3.63, 3.8) is 0 Å². The van der Waals surface area contributed by atoms with E-state index in [-0.39, 0.29) is 11.8 Å². The fourth-order valence-electron chi connectivity index (χ4n) is 1.75. The highest BCUT2D eigenvalue weighted by Gasteiger charge is 2.11. The summed E-state index contributed by atoms with van der Waals surface area (Å²) in [6.45, 7) is 5.52. The number of rotatable bonds is 7. The van der Waals surface area contributed by atoms with Crippen LogP contribution in [0.2, 0.25) is 5.02 Å². The zero-order valence-corrected chi connectivity index (χ0v) is 13.0. The molecule has 0 aliphatic heterocycles. The van der Waals surface area contributed by atoms with E-state index in [0.717, 1.165) is 5.56 Å². The van der Waals surface area contributed by atoms with E-state index in [0.29, 0.717) is 24.7 Å². The number of aliphatic hydroxyl groups is 1. The van der Waals surface area contributed by atoms with Crippen molar-refractivity contribution in [2.24, 2.45) is 5.92 Å². The van der Waals surface area contributed by atoms with Gasteiger partial charge >= 0.3 is 0 Å². The number of carbonyl (C=O) groups is 1. The van der Waals surface area contributed by atoms with Crippen LogP contribution < -0.4 is 5.32 Å². The third kappa shape index (κ3) is 5.90. The summed E-state index contributed by atoms with van der Waals surface area (Å²) in [5.74, 6) is 0.0524. The van der Waals surface area contributed by atoms with Crippen LogP contribution in [0, 0.1) is 5.92 Å². The van der Waals surface area contributed by atoms with Gasteiger partial charge < -0.3 is 15.3 Å². The first-order chi connectivity index (χ1) is 9.40. The number of benzene rings is 1. The van der Waals surface area contributed by atoms with Gasteiger partial charge in [0.25, 0.3) is 0 Å². The number of aliphatic hydroxyl groups excluding tert-OH is 1. The largest absolute Gasteiger partial charge is 0.387 e. The van der Waals surface area contributed by atoms with Crippen LogP contribution in [0.15, 0.2) is 24.3 Å². The number of nitrogens with zero attached hydrogens (tertiary/aromatic N) is 1. The number of likely N-dealkylation sites (N-methyl/N-ethyl adjacent to an activating group) is 1. The Kier molecular flexibility index (Phi) is 6.99. The lowest BCUT2D eigenvalue weighted by molar-refractivity contribution is -0.124. The van der Waals surface area contributed by atoms with E-state index in [9.17, 15) is 9.90 Å². The average molecular weight is 299 g/mol. The fourth-order valence-corrected chi connectivity index (χ4v) is 1.88. The molecule has 0 aromatic heterocycles. The van der Waals surface area contributed by atoms with E-state index in [1.807, 2.05) is 37.9 Å². The Morgan fingerprint density at radius 3 is 2.50 bits per heavy atom. The average Bonchev–Trinajstić information content (AvgIpc) is 2.39. The van der Waals surface area contributed by atoms with Gasteiger partial charge in [-0.2, -0.15) is 0 Å². The number of hydrogen-bond donors (Lipinski definition) is 2. The van der Waals surface area contributed by atoms with Crippen molar-refractivity contribution in [1.82, 2.24) is 10.2 Å². The van der Waals surface area contributed by atoms with Crippen LogP contribution in [-0.2, 0) is 4.79 Å². The number of carbonyl (C=O) groups excluding carboxylic acids is 1. The summed E-state index contributed by atoms with van der Waals surface area (Å²) in [4.78, 5) is 13.4. The van der Waals surface area contributed by atoms with Crippen molar-refractivity contribution in [1.29, 1.82) is 0 Å². The van der Waals surface area contributed by atoms with Crippen LogP contribution in [0.25, 0.3) is 0 Å². The second kappa shape index (κ2) is 8.25. The van der Waals surface area contributed by atoms with Gasteiger partial charge in [0, 0.05) is 30.6 Å². The standard InChI is InChI=1S/C15H23ClN2O2/c1-11(2)15(20)17-8-9-18(3)10-14(19)12-4-6-13(16)7-5-12/h4-7,11,14,19H,8-10H2,1-3H3,(H,17,20). The Morgan fingerprint density at radius 2 is 1.95 bits per heavy atom. The number of halogens is 1. The maximum atomic E-state index is 11.4. The third-order valence-electron chi connectivity index (χ3n) is 3.06. The molecular formula is C15H23ClN2O2. The van der Waals surface area contributed by atoms with Gasteiger partial charge in [0.1, 0.15) is 0 Å². The molecule has 0 saturated carbocycles. The first-order valence-corrected chi connectivity index (χ1v) is 7.17. The molecule has 4 nitrogen and oxygen atoms in total. The normalized spacial score (nSPS) is 12.8. The van der Waals surface area contributed by atoms with E-state index in [1.54, 1.807) is 12.1 Å². The molecule has 2 N–H and O–H groups in total. The first-order valence-electron chi connectivity index (χ1n) is 6.80. The predicted octanol–water partition coefficient (Wildman–Crippen LogP) is 2.08. The second-order valence-electron chi connectivity index (χ2n) is 5.28. The molecule has 0 bridgehead atoms. The van der Waals surface area contributed by atoms with Crippen molar-refractivity contribution < 1.29 is 9.90 Å². The molecule has 0 aliphatic rings. The molecule has 0 saturated heterocycles. The first kappa shape index (κ1) is 17.0. The Labute approximate surface area is 125 Å². The van der Waals surface area contributed by atoms with E-state index in [1.165, 1.54) is 0 Å². The van der Waals surface area contributed by atoms with Crippen LogP contribution in [0.5, 0.6) is 0 Å². The Morgan fingerprint density at radius 1 is 1.35 bits per heavy atom. The molecule has 112 valence electrons. The van der Waals surface area contributed by atoms with Gasteiger partial charge in [0.15, 0.2) is 0 Å². The van der Waals surface area contributed by atoms with Crippen molar-refractivity contribution in [3.05, 3.63) is 34.9 Å². The monoisotopic (exact) mass is 298 g/mol. The minimum Gasteiger partial charge on any atom is -0.387 e. The van der Waals surface area contributed by atoms with Crippen molar-refractivity contribution in [3.8, 4) is 0 Å². The quantitative estimate of drug-likeness (QED) is 0.810. The number of hydrogen-bond acceptors (Lipinski definition) is 3. The minimum atomic E-state index is -0.557. The van der Waals surface area contributed by atoms with Gasteiger partial charge in [-0.05, 0) is 24.7 Å². The molecule has 20 heavy (non-hydrogen) atoms. The van der Waals surface area contributed by atoms with Crippen LogP contribution in [0.3, 0.4) is 0 Å². The highest BCUT2D eigenvalue weighted by atomic mass is 35.5. The topological polar surface area (TPSA) is 52.6 Å². The summed E-state index contributed by atoms with van der Waals surface area (Å²) >= 11 is 5.81. The van der Waals surface area contributed by atoms with Gasteiger partial charge in [-0.15, -0.1) is 0 Å². The summed E-state index contributed by atoms with van der Waals surface area (Å²) in [6.07, 6.45) is -0.557. The maximum absolute atomic E-state index is 11.4. The van der Waals surface area contributed by atoms with E-state index in [2.05, 4.69) is 5.32 Å². The highest BCUT2D eigenvalue weighted by molar-refractivity contribution is 6.30. The van der Waals surface area contributed by atoms with Crippen LogP contribution in [0.1, 0.15) is 25.5 Å². The van der Waals surface area contributed by atoms with Gasteiger partial charge in [0.05, 0.1) is 6.10 Å². The minimum absolute atomic E-state index is 0.0000336. The van der Waals surface area contributed by atoms with Crippen molar-refractivity contribution >= 4 is 17.5 Å². The highest BCUT2D eigenvalue weighted by Crippen LogP contribution is 2.16. The Hall–Kier alpha value is -1.10.